The highest BCUT2D eigenvalue weighted by molar-refractivity contribution is 7.17. The lowest BCUT2D eigenvalue weighted by Gasteiger charge is -2.42. The Labute approximate surface area is 186 Å². The molecule has 0 atom stereocenters. The van der Waals surface area contributed by atoms with Gasteiger partial charge in [0, 0.05) is 16.0 Å². The molecule has 2 aliphatic heterocycles. The van der Waals surface area contributed by atoms with Crippen LogP contribution in [0.25, 0.3) is 0 Å². The molecule has 0 saturated carbocycles. The summed E-state index contributed by atoms with van der Waals surface area (Å²) in [5, 5.41) is 7.15. The second-order valence-corrected chi connectivity index (χ2v) is 10.1. The zero-order chi connectivity index (χ0) is 22.4. The second kappa shape index (κ2) is 7.84. The van der Waals surface area contributed by atoms with Crippen LogP contribution in [0.3, 0.4) is 0 Å². The van der Waals surface area contributed by atoms with Crippen molar-refractivity contribution in [3.05, 3.63) is 39.8 Å². The number of ether oxygens (including phenoxy) is 3. The first-order valence-corrected chi connectivity index (χ1v) is 11.2. The van der Waals surface area contributed by atoms with E-state index in [0.717, 1.165) is 16.0 Å². The highest BCUT2D eigenvalue weighted by Crippen LogP contribution is 2.45. The van der Waals surface area contributed by atoms with Crippen molar-refractivity contribution < 1.29 is 23.8 Å². The predicted octanol–water partition coefficient (Wildman–Crippen LogP) is 3.99. The van der Waals surface area contributed by atoms with E-state index in [0.29, 0.717) is 28.5 Å². The third-order valence-electron chi connectivity index (χ3n) is 5.38. The quantitative estimate of drug-likeness (QED) is 0.678. The van der Waals surface area contributed by atoms with Gasteiger partial charge in [-0.25, -0.2) is 4.79 Å². The van der Waals surface area contributed by atoms with Gasteiger partial charge < -0.3 is 24.8 Å². The SMILES string of the molecule is CCOC(=O)c1c(NC(=O)Cc2ccc3c(c2)OCO3)sc2c1CC(C)(C)NC2(C)C. The summed E-state index contributed by atoms with van der Waals surface area (Å²) in [5.74, 6) is 0.719. The molecule has 0 aliphatic carbocycles. The van der Waals surface area contributed by atoms with Crippen molar-refractivity contribution in [2.75, 3.05) is 18.7 Å². The van der Waals surface area contributed by atoms with E-state index in [1.54, 1.807) is 13.0 Å². The number of rotatable bonds is 5. The highest BCUT2D eigenvalue weighted by Gasteiger charge is 2.42. The molecule has 7 nitrogen and oxygen atoms in total. The number of hydrogen-bond donors (Lipinski definition) is 2. The minimum Gasteiger partial charge on any atom is -0.462 e. The monoisotopic (exact) mass is 444 g/mol. The number of carbonyl (C=O) groups is 2. The minimum atomic E-state index is -0.396. The molecule has 2 N–H and O–H groups in total. The van der Waals surface area contributed by atoms with Crippen LogP contribution in [-0.4, -0.2) is 30.8 Å². The van der Waals surface area contributed by atoms with Gasteiger partial charge in [-0.2, -0.15) is 0 Å². The number of thiophene rings is 1. The van der Waals surface area contributed by atoms with Crippen molar-refractivity contribution in [2.45, 2.75) is 58.5 Å². The summed E-state index contributed by atoms with van der Waals surface area (Å²) in [5.41, 5.74) is 1.72. The van der Waals surface area contributed by atoms with Crippen LogP contribution >= 0.6 is 11.3 Å². The Balaban J connectivity index is 1.64. The molecule has 8 heteroatoms. The van der Waals surface area contributed by atoms with Crippen LogP contribution < -0.4 is 20.1 Å². The van der Waals surface area contributed by atoms with Gasteiger partial charge in [0.15, 0.2) is 11.5 Å². The second-order valence-electron chi connectivity index (χ2n) is 9.06. The van der Waals surface area contributed by atoms with Gasteiger partial charge in [0.1, 0.15) is 5.00 Å². The van der Waals surface area contributed by atoms with Crippen LogP contribution in [0.15, 0.2) is 18.2 Å². The summed E-state index contributed by atoms with van der Waals surface area (Å²) in [4.78, 5) is 26.8. The Morgan fingerprint density at radius 2 is 1.94 bits per heavy atom. The van der Waals surface area contributed by atoms with Crippen molar-refractivity contribution in [1.29, 1.82) is 0 Å². The molecule has 166 valence electrons. The number of amides is 1. The molecule has 4 rings (SSSR count). The molecule has 1 aromatic heterocycles. The van der Waals surface area contributed by atoms with Gasteiger partial charge in [0.05, 0.1) is 18.6 Å². The standard InChI is InChI=1S/C23H28N2O5S/c1-6-28-21(27)18-14-11-22(2,3)25-23(4,5)19(14)31-20(18)24-17(26)10-13-7-8-15-16(9-13)30-12-29-15/h7-9,25H,6,10-12H2,1-5H3,(H,24,26). The first kappa shape index (κ1) is 21.6. The van der Waals surface area contributed by atoms with Crippen LogP contribution in [0.5, 0.6) is 11.5 Å². The number of anilines is 1. The molecule has 0 bridgehead atoms. The molecule has 0 spiro atoms. The smallest absolute Gasteiger partial charge is 0.341 e. The molecule has 31 heavy (non-hydrogen) atoms. The fourth-order valence-corrected chi connectivity index (χ4v) is 5.72. The van der Waals surface area contributed by atoms with Gasteiger partial charge in [-0.15, -0.1) is 11.3 Å². The first-order chi connectivity index (χ1) is 14.6. The average Bonchev–Trinajstić information content (AvgIpc) is 3.24. The van der Waals surface area contributed by atoms with Gasteiger partial charge >= 0.3 is 5.97 Å². The van der Waals surface area contributed by atoms with E-state index in [-0.39, 0.29) is 36.8 Å². The van der Waals surface area contributed by atoms with Crippen molar-refractivity contribution in [3.8, 4) is 11.5 Å². The summed E-state index contributed by atoms with van der Waals surface area (Å²) in [6.07, 6.45) is 0.836. The Bertz CT molecular complexity index is 1040. The van der Waals surface area contributed by atoms with Crippen molar-refractivity contribution >= 4 is 28.2 Å². The van der Waals surface area contributed by atoms with E-state index in [1.165, 1.54) is 11.3 Å². The lowest BCUT2D eigenvalue weighted by atomic mass is 9.81. The minimum absolute atomic E-state index is 0.161. The van der Waals surface area contributed by atoms with Crippen LogP contribution in [0.4, 0.5) is 5.00 Å². The van der Waals surface area contributed by atoms with Crippen LogP contribution in [0.1, 0.15) is 61.0 Å². The summed E-state index contributed by atoms with van der Waals surface area (Å²) < 4.78 is 16.1. The Kier molecular flexibility index (Phi) is 5.47. The number of carbonyl (C=O) groups excluding carboxylic acids is 2. The zero-order valence-electron chi connectivity index (χ0n) is 18.5. The van der Waals surface area contributed by atoms with Gasteiger partial charge in [0.2, 0.25) is 12.7 Å². The Morgan fingerprint density at radius 1 is 1.19 bits per heavy atom. The van der Waals surface area contributed by atoms with E-state index in [4.69, 9.17) is 14.2 Å². The highest BCUT2D eigenvalue weighted by atomic mass is 32.1. The molecular weight excluding hydrogens is 416 g/mol. The van der Waals surface area contributed by atoms with Gasteiger partial charge in [0.25, 0.3) is 0 Å². The molecule has 3 heterocycles. The molecule has 1 aromatic carbocycles. The summed E-state index contributed by atoms with van der Waals surface area (Å²) in [6, 6.07) is 5.45. The molecule has 2 aromatic rings. The largest absolute Gasteiger partial charge is 0.462 e. The third kappa shape index (κ3) is 4.27. The Hall–Kier alpha value is -2.58. The molecule has 0 unspecified atom stereocenters. The van der Waals surface area contributed by atoms with Crippen LogP contribution in [-0.2, 0) is 27.9 Å². The molecule has 1 amide bonds. The molecule has 0 radical (unpaired) electrons. The number of benzene rings is 1. The van der Waals surface area contributed by atoms with E-state index in [2.05, 4.69) is 38.3 Å². The van der Waals surface area contributed by atoms with E-state index >= 15 is 0 Å². The summed E-state index contributed by atoms with van der Waals surface area (Å²) in [7, 11) is 0. The van der Waals surface area contributed by atoms with Crippen molar-refractivity contribution in [1.82, 2.24) is 5.32 Å². The van der Waals surface area contributed by atoms with Crippen molar-refractivity contribution in [3.63, 3.8) is 0 Å². The average molecular weight is 445 g/mol. The van der Waals surface area contributed by atoms with Gasteiger partial charge in [-0.3, -0.25) is 4.79 Å². The summed E-state index contributed by atoms with van der Waals surface area (Å²) >= 11 is 1.44. The maximum Gasteiger partial charge on any atom is 0.341 e. The first-order valence-electron chi connectivity index (χ1n) is 10.4. The topological polar surface area (TPSA) is 85.9 Å². The molecule has 2 aliphatic rings. The number of fused-ring (bicyclic) bond motifs is 2. The summed E-state index contributed by atoms with van der Waals surface area (Å²) in [6.45, 7) is 10.7. The number of hydrogen-bond acceptors (Lipinski definition) is 7. The molecular formula is C23H28N2O5S. The zero-order valence-corrected chi connectivity index (χ0v) is 19.3. The fourth-order valence-electron chi connectivity index (χ4n) is 4.44. The van der Waals surface area contributed by atoms with Crippen LogP contribution in [0, 0.1) is 0 Å². The maximum atomic E-state index is 12.9. The normalized spacial score (nSPS) is 17.7. The van der Waals surface area contributed by atoms with Crippen molar-refractivity contribution in [2.24, 2.45) is 0 Å². The molecule has 0 saturated heterocycles. The van der Waals surface area contributed by atoms with E-state index < -0.39 is 5.97 Å². The predicted molar refractivity (Wildman–Crippen MR) is 119 cm³/mol. The third-order valence-corrected chi connectivity index (χ3v) is 6.85. The maximum absolute atomic E-state index is 12.9. The number of nitrogens with one attached hydrogen (secondary N) is 2. The molecule has 0 fully saturated rings. The number of esters is 1. The van der Waals surface area contributed by atoms with Gasteiger partial charge in [-0.1, -0.05) is 6.07 Å². The van der Waals surface area contributed by atoms with E-state index in [1.807, 2.05) is 12.1 Å². The van der Waals surface area contributed by atoms with E-state index in [9.17, 15) is 9.59 Å². The lowest BCUT2D eigenvalue weighted by molar-refractivity contribution is -0.115. The van der Waals surface area contributed by atoms with Gasteiger partial charge in [-0.05, 0) is 64.3 Å². The fraction of sp³-hybridized carbons (Fsp3) is 0.478. The van der Waals surface area contributed by atoms with Crippen LogP contribution in [0.2, 0.25) is 0 Å². The lowest BCUT2D eigenvalue weighted by Crippen LogP contribution is -2.55. The Morgan fingerprint density at radius 3 is 2.68 bits per heavy atom.